The number of carbonyl (C=O) groups excluding carboxylic acids is 1. The molecule has 0 aliphatic heterocycles. The quantitative estimate of drug-likeness (QED) is 0.712. The third-order valence-corrected chi connectivity index (χ3v) is 4.95. The summed E-state index contributed by atoms with van der Waals surface area (Å²) in [6.45, 7) is 11.6. The van der Waals surface area contributed by atoms with E-state index in [1.54, 1.807) is 18.0 Å². The lowest BCUT2D eigenvalue weighted by Crippen LogP contribution is -2.25. The number of carbonyl (C=O) groups is 1. The highest BCUT2D eigenvalue weighted by atomic mass is 32.2. The van der Waals surface area contributed by atoms with E-state index in [-0.39, 0.29) is 5.91 Å². The van der Waals surface area contributed by atoms with Crippen LogP contribution in [0.15, 0.2) is 41.6 Å². The van der Waals surface area contributed by atoms with Crippen LogP contribution >= 0.6 is 11.8 Å². The van der Waals surface area contributed by atoms with E-state index in [1.807, 2.05) is 38.1 Å². The van der Waals surface area contributed by atoms with E-state index in [1.165, 1.54) is 0 Å². The van der Waals surface area contributed by atoms with Gasteiger partial charge in [0.1, 0.15) is 0 Å². The molecule has 0 aliphatic carbocycles. The molecule has 0 spiro atoms. The second-order valence-corrected chi connectivity index (χ2v) is 7.21. The monoisotopic (exact) mass is 357 g/mol. The molecule has 2 aromatic rings. The van der Waals surface area contributed by atoms with Crippen LogP contribution in [0.3, 0.4) is 0 Å². The van der Waals surface area contributed by atoms with Crippen molar-refractivity contribution in [3.63, 3.8) is 0 Å². The summed E-state index contributed by atoms with van der Waals surface area (Å²) >= 11 is 1.72. The highest BCUT2D eigenvalue weighted by molar-refractivity contribution is 7.99. The van der Waals surface area contributed by atoms with Gasteiger partial charge in [0, 0.05) is 24.2 Å². The van der Waals surface area contributed by atoms with Gasteiger partial charge in [0.25, 0.3) is 5.91 Å². The minimum atomic E-state index is -0.128. The molecule has 25 heavy (non-hydrogen) atoms. The largest absolute Gasteiger partial charge is 0.322 e. The van der Waals surface area contributed by atoms with Crippen LogP contribution in [0.4, 0.5) is 5.69 Å². The molecule has 4 nitrogen and oxygen atoms in total. The normalized spacial score (nSPS) is 10.9. The fourth-order valence-corrected chi connectivity index (χ4v) is 3.52. The number of thioether (sulfide) groups is 1. The Kier molecular flexibility index (Phi) is 7.47. The number of benzene rings is 1. The van der Waals surface area contributed by atoms with Gasteiger partial charge in [-0.3, -0.25) is 4.79 Å². The SMILES string of the molecule is CCN(CC)CCSc1ccc(C(=O)Nc2cc(C)cc(C)c2)cn1. The highest BCUT2D eigenvalue weighted by Crippen LogP contribution is 2.17. The lowest BCUT2D eigenvalue weighted by atomic mass is 10.1. The number of nitrogens with one attached hydrogen (secondary N) is 1. The number of pyridine rings is 1. The molecule has 1 heterocycles. The Morgan fingerprint density at radius 1 is 1.12 bits per heavy atom. The summed E-state index contributed by atoms with van der Waals surface area (Å²) in [5, 5.41) is 3.89. The van der Waals surface area contributed by atoms with E-state index in [2.05, 4.69) is 35.1 Å². The number of hydrogen-bond donors (Lipinski definition) is 1. The summed E-state index contributed by atoms with van der Waals surface area (Å²) in [6.07, 6.45) is 1.65. The predicted molar refractivity (Wildman–Crippen MR) is 107 cm³/mol. The van der Waals surface area contributed by atoms with Gasteiger partial charge in [0.2, 0.25) is 0 Å². The Morgan fingerprint density at radius 2 is 1.80 bits per heavy atom. The molecule has 0 bridgehead atoms. The molecule has 0 aliphatic rings. The Labute approximate surface area is 155 Å². The zero-order valence-electron chi connectivity index (χ0n) is 15.5. The molecule has 0 fully saturated rings. The van der Waals surface area contributed by atoms with E-state index in [0.29, 0.717) is 5.56 Å². The third kappa shape index (κ3) is 6.18. The van der Waals surface area contributed by atoms with Gasteiger partial charge in [-0.05, 0) is 62.3 Å². The van der Waals surface area contributed by atoms with Crippen LogP contribution in [-0.4, -0.2) is 41.2 Å². The van der Waals surface area contributed by atoms with Crippen molar-refractivity contribution in [1.29, 1.82) is 0 Å². The summed E-state index contributed by atoms with van der Waals surface area (Å²) in [5.74, 6) is 0.875. The zero-order valence-corrected chi connectivity index (χ0v) is 16.3. The first kappa shape index (κ1) is 19.5. The van der Waals surface area contributed by atoms with Crippen LogP contribution < -0.4 is 5.32 Å². The van der Waals surface area contributed by atoms with Crippen molar-refractivity contribution in [3.8, 4) is 0 Å². The average molecular weight is 358 g/mol. The number of aryl methyl sites for hydroxylation is 2. The molecule has 0 atom stereocenters. The summed E-state index contributed by atoms with van der Waals surface area (Å²) in [4.78, 5) is 19.2. The molecular formula is C20H27N3OS. The topological polar surface area (TPSA) is 45.2 Å². The molecule has 0 saturated heterocycles. The van der Waals surface area contributed by atoms with Crippen molar-refractivity contribution in [2.75, 3.05) is 30.7 Å². The molecule has 2 rings (SSSR count). The number of amides is 1. The molecule has 1 aromatic carbocycles. The Balaban J connectivity index is 1.91. The minimum absolute atomic E-state index is 0.128. The molecule has 134 valence electrons. The highest BCUT2D eigenvalue weighted by Gasteiger charge is 2.08. The molecule has 0 unspecified atom stereocenters. The Bertz CT molecular complexity index is 676. The van der Waals surface area contributed by atoms with Crippen LogP contribution in [0, 0.1) is 13.8 Å². The maximum absolute atomic E-state index is 12.4. The Hall–Kier alpha value is -1.85. The summed E-state index contributed by atoms with van der Waals surface area (Å²) < 4.78 is 0. The number of nitrogens with zero attached hydrogens (tertiary/aromatic N) is 2. The van der Waals surface area contributed by atoms with Gasteiger partial charge in [-0.1, -0.05) is 19.9 Å². The molecule has 1 aromatic heterocycles. The number of rotatable bonds is 8. The number of hydrogen-bond acceptors (Lipinski definition) is 4. The fraction of sp³-hybridized carbons (Fsp3) is 0.400. The Morgan fingerprint density at radius 3 is 2.36 bits per heavy atom. The van der Waals surface area contributed by atoms with Crippen LogP contribution in [0.1, 0.15) is 35.3 Å². The van der Waals surface area contributed by atoms with E-state index in [0.717, 1.165) is 47.2 Å². The first-order valence-electron chi connectivity index (χ1n) is 8.72. The lowest BCUT2D eigenvalue weighted by Gasteiger charge is -2.17. The molecule has 5 heteroatoms. The second-order valence-electron chi connectivity index (χ2n) is 6.09. The maximum atomic E-state index is 12.4. The van der Waals surface area contributed by atoms with E-state index in [4.69, 9.17) is 0 Å². The van der Waals surface area contributed by atoms with Gasteiger partial charge >= 0.3 is 0 Å². The summed E-state index contributed by atoms with van der Waals surface area (Å²) in [5.41, 5.74) is 3.66. The lowest BCUT2D eigenvalue weighted by molar-refractivity contribution is 0.102. The summed E-state index contributed by atoms with van der Waals surface area (Å²) in [7, 11) is 0. The maximum Gasteiger partial charge on any atom is 0.257 e. The van der Waals surface area contributed by atoms with Crippen molar-refractivity contribution < 1.29 is 4.79 Å². The molecule has 1 N–H and O–H groups in total. The van der Waals surface area contributed by atoms with Gasteiger partial charge in [0.05, 0.1) is 10.6 Å². The van der Waals surface area contributed by atoms with Crippen molar-refractivity contribution in [2.24, 2.45) is 0 Å². The van der Waals surface area contributed by atoms with Gasteiger partial charge < -0.3 is 10.2 Å². The van der Waals surface area contributed by atoms with Gasteiger partial charge in [-0.2, -0.15) is 0 Å². The molecular weight excluding hydrogens is 330 g/mol. The van der Waals surface area contributed by atoms with Crippen LogP contribution in [0.2, 0.25) is 0 Å². The standard InChI is InChI=1S/C20H27N3OS/c1-5-23(6-2)9-10-25-19-8-7-17(14-21-19)20(24)22-18-12-15(3)11-16(4)13-18/h7-8,11-14H,5-6,9-10H2,1-4H3,(H,22,24). The van der Waals surface area contributed by atoms with Gasteiger partial charge in [-0.15, -0.1) is 11.8 Å². The van der Waals surface area contributed by atoms with Crippen LogP contribution in [0.5, 0.6) is 0 Å². The first-order chi connectivity index (χ1) is 12.0. The van der Waals surface area contributed by atoms with Crippen molar-refractivity contribution in [3.05, 3.63) is 53.2 Å². The van der Waals surface area contributed by atoms with Gasteiger partial charge in [-0.25, -0.2) is 4.98 Å². The third-order valence-electron chi connectivity index (χ3n) is 4.03. The molecule has 0 radical (unpaired) electrons. The van der Waals surface area contributed by atoms with E-state index in [9.17, 15) is 4.79 Å². The van der Waals surface area contributed by atoms with E-state index < -0.39 is 0 Å². The summed E-state index contributed by atoms with van der Waals surface area (Å²) in [6, 6.07) is 9.78. The zero-order chi connectivity index (χ0) is 18.2. The smallest absolute Gasteiger partial charge is 0.257 e. The minimum Gasteiger partial charge on any atom is -0.322 e. The van der Waals surface area contributed by atoms with Crippen LogP contribution in [-0.2, 0) is 0 Å². The fourth-order valence-electron chi connectivity index (χ4n) is 2.67. The van der Waals surface area contributed by atoms with Gasteiger partial charge in [0.15, 0.2) is 0 Å². The first-order valence-corrected chi connectivity index (χ1v) is 9.71. The molecule has 0 saturated carbocycles. The average Bonchev–Trinajstić information content (AvgIpc) is 2.58. The molecule has 1 amide bonds. The number of anilines is 1. The van der Waals surface area contributed by atoms with Crippen LogP contribution in [0.25, 0.3) is 0 Å². The van der Waals surface area contributed by atoms with Crippen molar-refractivity contribution in [1.82, 2.24) is 9.88 Å². The second kappa shape index (κ2) is 9.59. The predicted octanol–water partition coefficient (Wildman–Crippen LogP) is 4.38. The van der Waals surface area contributed by atoms with E-state index >= 15 is 0 Å². The number of aromatic nitrogens is 1. The van der Waals surface area contributed by atoms with Crippen molar-refractivity contribution in [2.45, 2.75) is 32.7 Å². The van der Waals surface area contributed by atoms with Crippen molar-refractivity contribution >= 4 is 23.4 Å².